The monoisotopic (exact) mass is 353 g/mol. The molecule has 1 aliphatic heterocycles. The van der Waals surface area contributed by atoms with Gasteiger partial charge >= 0.3 is 0 Å². The number of aromatic amines is 1. The van der Waals surface area contributed by atoms with Crippen molar-refractivity contribution in [1.82, 2.24) is 15.1 Å². The highest BCUT2D eigenvalue weighted by molar-refractivity contribution is 6.35. The van der Waals surface area contributed by atoms with Crippen molar-refractivity contribution in [3.63, 3.8) is 0 Å². The molecule has 25 heavy (non-hydrogen) atoms. The molecule has 124 valence electrons. The van der Waals surface area contributed by atoms with Gasteiger partial charge in [-0.05, 0) is 36.8 Å². The van der Waals surface area contributed by atoms with E-state index in [1.165, 1.54) is 0 Å². The minimum Gasteiger partial charge on any atom is -0.269 e. The van der Waals surface area contributed by atoms with Crippen molar-refractivity contribution in [2.45, 2.75) is 13.5 Å². The number of hydrogen-bond donors (Lipinski definition) is 1. The number of benzene rings is 2. The Morgan fingerprint density at radius 1 is 1.08 bits per heavy atom. The first kappa shape index (κ1) is 15.5. The number of H-pyrrole nitrogens is 1. The van der Waals surface area contributed by atoms with E-state index in [0.29, 0.717) is 32.6 Å². The van der Waals surface area contributed by atoms with Gasteiger partial charge in [0.25, 0.3) is 17.4 Å². The third-order valence-electron chi connectivity index (χ3n) is 4.25. The molecule has 2 heterocycles. The Hall–Kier alpha value is -2.99. The Labute approximate surface area is 147 Å². The van der Waals surface area contributed by atoms with Crippen LogP contribution in [0.4, 0.5) is 0 Å². The minimum absolute atomic E-state index is 0.0423. The van der Waals surface area contributed by atoms with E-state index in [4.69, 9.17) is 11.6 Å². The van der Waals surface area contributed by atoms with Crippen molar-refractivity contribution in [3.05, 3.63) is 74.2 Å². The van der Waals surface area contributed by atoms with Gasteiger partial charge in [-0.3, -0.25) is 19.3 Å². The van der Waals surface area contributed by atoms with Gasteiger partial charge in [-0.15, -0.1) is 0 Å². The van der Waals surface area contributed by atoms with E-state index < -0.39 is 5.56 Å². The summed E-state index contributed by atoms with van der Waals surface area (Å²) in [4.78, 5) is 38.2. The summed E-state index contributed by atoms with van der Waals surface area (Å²) in [5.41, 5.74) is 1.60. The Morgan fingerprint density at radius 2 is 1.72 bits per heavy atom. The maximum absolute atomic E-state index is 12.5. The minimum atomic E-state index is -0.411. The second-order valence-corrected chi connectivity index (χ2v) is 6.32. The number of hydrogen-bond acceptors (Lipinski definition) is 4. The van der Waals surface area contributed by atoms with Crippen LogP contribution in [0, 0.1) is 6.92 Å². The molecule has 0 atom stereocenters. The van der Waals surface area contributed by atoms with E-state index in [-0.39, 0.29) is 18.4 Å². The van der Waals surface area contributed by atoms with Crippen LogP contribution in [-0.4, -0.2) is 26.9 Å². The van der Waals surface area contributed by atoms with Gasteiger partial charge in [0.2, 0.25) is 0 Å². The number of aryl methyl sites for hydroxylation is 1. The van der Waals surface area contributed by atoms with Crippen LogP contribution >= 0.6 is 11.6 Å². The van der Waals surface area contributed by atoms with Gasteiger partial charge in [0, 0.05) is 5.39 Å². The standard InChI is InChI=1S/C18H12ClN3O3/c1-9-6-12-14(20-21-16(23)15(12)13(19)7-9)8-22-17(24)10-4-2-3-5-11(10)18(22)25/h2-7H,8H2,1H3,(H,21,23). The Bertz CT molecular complexity index is 1090. The maximum atomic E-state index is 12.5. The summed E-state index contributed by atoms with van der Waals surface area (Å²) < 4.78 is 0. The maximum Gasteiger partial charge on any atom is 0.273 e. The molecule has 1 aliphatic rings. The largest absolute Gasteiger partial charge is 0.273 e. The topological polar surface area (TPSA) is 83.1 Å². The highest BCUT2D eigenvalue weighted by Gasteiger charge is 2.35. The molecular formula is C18H12ClN3O3. The van der Waals surface area contributed by atoms with Gasteiger partial charge in [0.15, 0.2) is 0 Å². The molecule has 0 saturated carbocycles. The van der Waals surface area contributed by atoms with Gasteiger partial charge < -0.3 is 0 Å². The molecule has 0 bridgehead atoms. The number of carbonyl (C=O) groups excluding carboxylic acids is 2. The Balaban J connectivity index is 1.83. The van der Waals surface area contributed by atoms with Crippen molar-refractivity contribution in [2.75, 3.05) is 0 Å². The summed E-state index contributed by atoms with van der Waals surface area (Å²) in [7, 11) is 0. The fourth-order valence-corrected chi connectivity index (χ4v) is 3.45. The van der Waals surface area contributed by atoms with E-state index in [1.807, 2.05) is 6.92 Å². The highest BCUT2D eigenvalue weighted by Crippen LogP contribution is 2.28. The van der Waals surface area contributed by atoms with Crippen molar-refractivity contribution in [1.29, 1.82) is 0 Å². The van der Waals surface area contributed by atoms with Crippen LogP contribution < -0.4 is 5.56 Å². The fourth-order valence-electron chi connectivity index (χ4n) is 3.09. The van der Waals surface area contributed by atoms with Gasteiger partial charge in [-0.1, -0.05) is 23.7 Å². The molecule has 0 saturated heterocycles. The number of amides is 2. The van der Waals surface area contributed by atoms with E-state index in [1.54, 1.807) is 36.4 Å². The summed E-state index contributed by atoms with van der Waals surface area (Å²) in [5.74, 6) is -0.749. The van der Waals surface area contributed by atoms with Gasteiger partial charge in [-0.25, -0.2) is 5.10 Å². The Morgan fingerprint density at radius 3 is 2.36 bits per heavy atom. The average Bonchev–Trinajstić information content (AvgIpc) is 2.82. The molecule has 2 aromatic carbocycles. The van der Waals surface area contributed by atoms with Crippen molar-refractivity contribution >= 4 is 34.2 Å². The number of rotatable bonds is 2. The van der Waals surface area contributed by atoms with Crippen LogP contribution in [0.1, 0.15) is 32.0 Å². The van der Waals surface area contributed by atoms with Crippen molar-refractivity contribution in [2.24, 2.45) is 0 Å². The first-order valence-electron chi connectivity index (χ1n) is 7.60. The molecule has 4 rings (SSSR count). The number of aromatic nitrogens is 2. The van der Waals surface area contributed by atoms with E-state index in [0.717, 1.165) is 10.5 Å². The predicted octanol–water partition coefficient (Wildman–Crippen LogP) is 2.68. The molecular weight excluding hydrogens is 342 g/mol. The van der Waals surface area contributed by atoms with E-state index in [2.05, 4.69) is 10.2 Å². The summed E-state index contributed by atoms with van der Waals surface area (Å²) >= 11 is 6.19. The first-order chi connectivity index (χ1) is 12.0. The summed E-state index contributed by atoms with van der Waals surface area (Å²) in [6.45, 7) is 1.80. The van der Waals surface area contributed by atoms with Crippen molar-refractivity contribution in [3.8, 4) is 0 Å². The van der Waals surface area contributed by atoms with Crippen molar-refractivity contribution < 1.29 is 9.59 Å². The smallest absolute Gasteiger partial charge is 0.269 e. The predicted molar refractivity (Wildman–Crippen MR) is 92.8 cm³/mol. The Kier molecular flexibility index (Phi) is 3.43. The third kappa shape index (κ3) is 2.34. The number of carbonyl (C=O) groups is 2. The molecule has 0 radical (unpaired) electrons. The lowest BCUT2D eigenvalue weighted by Gasteiger charge is -2.15. The SMILES string of the molecule is Cc1cc(Cl)c2c(=O)[nH]nc(CN3C(=O)c4ccccc4C3=O)c2c1. The molecule has 3 aromatic rings. The van der Waals surface area contributed by atoms with E-state index >= 15 is 0 Å². The van der Waals surface area contributed by atoms with Gasteiger partial charge in [0.1, 0.15) is 0 Å². The lowest BCUT2D eigenvalue weighted by molar-refractivity contribution is 0.0641. The first-order valence-corrected chi connectivity index (χ1v) is 7.98. The number of nitrogens with zero attached hydrogens (tertiary/aromatic N) is 2. The van der Waals surface area contributed by atoms with Gasteiger partial charge in [0.05, 0.1) is 33.8 Å². The number of halogens is 1. The third-order valence-corrected chi connectivity index (χ3v) is 4.55. The van der Waals surface area contributed by atoms with Crippen LogP contribution in [0.25, 0.3) is 10.8 Å². The molecule has 1 N–H and O–H groups in total. The number of fused-ring (bicyclic) bond motifs is 2. The van der Waals surface area contributed by atoms with Crippen LogP contribution in [0.15, 0.2) is 41.2 Å². The lowest BCUT2D eigenvalue weighted by Crippen LogP contribution is -2.30. The average molecular weight is 354 g/mol. The summed E-state index contributed by atoms with van der Waals surface area (Å²) in [6.07, 6.45) is 0. The zero-order valence-corrected chi connectivity index (χ0v) is 13.9. The molecule has 0 spiro atoms. The second kappa shape index (κ2) is 5.53. The summed E-state index contributed by atoms with van der Waals surface area (Å²) in [5, 5.41) is 7.57. The summed E-state index contributed by atoms with van der Waals surface area (Å²) in [6, 6.07) is 10.1. The quantitative estimate of drug-likeness (QED) is 0.718. The lowest BCUT2D eigenvalue weighted by atomic mass is 10.1. The van der Waals surface area contributed by atoms with Gasteiger partial charge in [-0.2, -0.15) is 5.10 Å². The van der Waals surface area contributed by atoms with Crippen LogP contribution in [-0.2, 0) is 6.54 Å². The molecule has 6 nitrogen and oxygen atoms in total. The number of nitrogens with one attached hydrogen (secondary N) is 1. The molecule has 0 fully saturated rings. The molecule has 7 heteroatoms. The van der Waals surface area contributed by atoms with Crippen LogP contribution in [0.3, 0.4) is 0 Å². The molecule has 0 aliphatic carbocycles. The van der Waals surface area contributed by atoms with E-state index in [9.17, 15) is 14.4 Å². The molecule has 2 amide bonds. The molecule has 1 aromatic heterocycles. The second-order valence-electron chi connectivity index (χ2n) is 5.91. The highest BCUT2D eigenvalue weighted by atomic mass is 35.5. The normalized spacial score (nSPS) is 13.6. The molecule has 0 unspecified atom stereocenters. The van der Waals surface area contributed by atoms with Crippen LogP contribution in [0.5, 0.6) is 0 Å². The number of imide groups is 1. The zero-order valence-electron chi connectivity index (χ0n) is 13.2. The van der Waals surface area contributed by atoms with Crippen LogP contribution in [0.2, 0.25) is 5.02 Å². The zero-order chi connectivity index (χ0) is 17.7. The fraction of sp³-hybridized carbons (Fsp3) is 0.111.